The van der Waals surface area contributed by atoms with Gasteiger partial charge in [-0.3, -0.25) is 0 Å². The molecule has 0 aliphatic heterocycles. The molecule has 1 unspecified atom stereocenters. The Balaban J connectivity index is 1.65. The summed E-state index contributed by atoms with van der Waals surface area (Å²) in [6.45, 7) is 0. The minimum atomic E-state index is -4.20. The van der Waals surface area contributed by atoms with Gasteiger partial charge in [-0.1, -0.05) is 30.3 Å². The number of rotatable bonds is 9. The van der Waals surface area contributed by atoms with Crippen molar-refractivity contribution in [3.63, 3.8) is 0 Å². The van der Waals surface area contributed by atoms with Gasteiger partial charge in [-0.05, 0) is 72.9 Å². The highest BCUT2D eigenvalue weighted by Gasteiger charge is 2.29. The van der Waals surface area contributed by atoms with Gasteiger partial charge in [-0.25, -0.2) is 35.1 Å². The van der Waals surface area contributed by atoms with Gasteiger partial charge in [-0.2, -0.15) is 0 Å². The number of benzene rings is 3. The molecule has 0 bridgehead atoms. The number of nitrogens with one attached hydrogen (secondary N) is 2. The molecule has 3 aromatic carbocycles. The topological polar surface area (TPSA) is 92.3 Å². The molecule has 6 nitrogen and oxygen atoms in total. The van der Waals surface area contributed by atoms with Crippen molar-refractivity contribution in [1.82, 2.24) is 9.44 Å². The van der Waals surface area contributed by atoms with Gasteiger partial charge in [0.25, 0.3) is 0 Å². The predicted molar refractivity (Wildman–Crippen MR) is 119 cm³/mol. The molecular formula is C23H22F2N2O4S2. The van der Waals surface area contributed by atoms with Gasteiger partial charge >= 0.3 is 0 Å². The highest BCUT2D eigenvalue weighted by atomic mass is 32.2. The summed E-state index contributed by atoms with van der Waals surface area (Å²) in [5.74, 6) is -1.02. The van der Waals surface area contributed by atoms with Crippen LogP contribution in [-0.2, 0) is 26.5 Å². The smallest absolute Gasteiger partial charge is 0.208 e. The standard InChI is InChI=1S/C23H22F2N2O4S2/c24-18-6-1-4-16(12-18)13-23(17-5-2-7-19(25)14-17)27-33(30,31)22-9-3-8-21(15-22)32(28,29)26-20-10-11-20/h1-9,12,14-15,20,23,26-27H,10-11,13H2. The molecule has 4 rings (SSSR count). The summed E-state index contributed by atoms with van der Waals surface area (Å²) in [7, 11) is -8.06. The van der Waals surface area contributed by atoms with Crippen molar-refractivity contribution >= 4 is 20.0 Å². The average molecular weight is 493 g/mol. The van der Waals surface area contributed by atoms with Crippen molar-refractivity contribution in [3.05, 3.63) is 95.6 Å². The molecular weight excluding hydrogens is 470 g/mol. The summed E-state index contributed by atoms with van der Waals surface area (Å²) in [4.78, 5) is -0.411. The Labute approximate surface area is 191 Å². The van der Waals surface area contributed by atoms with E-state index in [0.717, 1.165) is 18.9 Å². The summed E-state index contributed by atoms with van der Waals surface area (Å²) in [5.41, 5.74) is 0.860. The molecule has 0 aromatic heterocycles. The zero-order chi connectivity index (χ0) is 23.6. The van der Waals surface area contributed by atoms with Crippen LogP contribution in [0.2, 0.25) is 0 Å². The molecule has 0 saturated heterocycles. The minimum absolute atomic E-state index is 0.0572. The van der Waals surface area contributed by atoms with Crippen molar-refractivity contribution in [1.29, 1.82) is 0 Å². The van der Waals surface area contributed by atoms with Crippen LogP contribution in [0, 0.1) is 11.6 Å². The van der Waals surface area contributed by atoms with E-state index in [-0.39, 0.29) is 22.3 Å². The van der Waals surface area contributed by atoms with E-state index in [1.807, 2.05) is 0 Å². The summed E-state index contributed by atoms with van der Waals surface area (Å²) in [6, 6.07) is 15.1. The SMILES string of the molecule is O=S(=O)(NC1CC1)c1cccc(S(=O)(=O)NC(Cc2cccc(F)c2)c2cccc(F)c2)c1. The summed E-state index contributed by atoms with van der Waals surface area (Å²) in [6.07, 6.45) is 1.55. The van der Waals surface area contributed by atoms with Crippen LogP contribution in [0.1, 0.15) is 30.0 Å². The fourth-order valence-electron chi connectivity index (χ4n) is 3.40. The van der Waals surface area contributed by atoms with Crippen LogP contribution in [0.3, 0.4) is 0 Å². The molecule has 0 radical (unpaired) electrons. The van der Waals surface area contributed by atoms with Gasteiger partial charge in [0.15, 0.2) is 0 Å². The zero-order valence-corrected chi connectivity index (χ0v) is 19.0. The molecule has 0 heterocycles. The number of hydrogen-bond acceptors (Lipinski definition) is 4. The third kappa shape index (κ3) is 6.02. The Morgan fingerprint density at radius 2 is 1.39 bits per heavy atom. The maximum atomic E-state index is 13.9. The van der Waals surface area contributed by atoms with Gasteiger partial charge < -0.3 is 0 Å². The van der Waals surface area contributed by atoms with Gasteiger partial charge in [-0.15, -0.1) is 0 Å². The molecule has 2 N–H and O–H groups in total. The number of hydrogen-bond donors (Lipinski definition) is 2. The lowest BCUT2D eigenvalue weighted by molar-refractivity contribution is 0.550. The van der Waals surface area contributed by atoms with Crippen molar-refractivity contribution in [3.8, 4) is 0 Å². The van der Waals surface area contributed by atoms with E-state index < -0.39 is 37.7 Å². The van der Waals surface area contributed by atoms with Gasteiger partial charge in [0.1, 0.15) is 11.6 Å². The first-order chi connectivity index (χ1) is 15.6. The summed E-state index contributed by atoms with van der Waals surface area (Å²) >= 11 is 0. The first kappa shape index (κ1) is 23.5. The second-order valence-electron chi connectivity index (χ2n) is 7.93. The third-order valence-corrected chi connectivity index (χ3v) is 8.19. The monoisotopic (exact) mass is 492 g/mol. The van der Waals surface area contributed by atoms with Crippen LogP contribution in [0.15, 0.2) is 82.6 Å². The van der Waals surface area contributed by atoms with E-state index in [9.17, 15) is 25.6 Å². The molecule has 10 heteroatoms. The highest BCUT2D eigenvalue weighted by molar-refractivity contribution is 7.90. The van der Waals surface area contributed by atoms with E-state index in [1.165, 1.54) is 54.6 Å². The normalized spacial score (nSPS) is 15.3. The van der Waals surface area contributed by atoms with E-state index in [4.69, 9.17) is 0 Å². The fraction of sp³-hybridized carbons (Fsp3) is 0.217. The van der Waals surface area contributed by atoms with Crippen LogP contribution in [-0.4, -0.2) is 22.9 Å². The van der Waals surface area contributed by atoms with Crippen LogP contribution < -0.4 is 9.44 Å². The Hall–Kier alpha value is -2.66. The maximum absolute atomic E-state index is 13.9. The summed E-state index contributed by atoms with van der Waals surface area (Å²) < 4.78 is 84.0. The van der Waals surface area contributed by atoms with Crippen LogP contribution in [0.4, 0.5) is 8.78 Å². The third-order valence-electron chi connectivity index (χ3n) is 5.20. The molecule has 0 amide bonds. The zero-order valence-electron chi connectivity index (χ0n) is 17.4. The lowest BCUT2D eigenvalue weighted by atomic mass is 9.99. The Morgan fingerprint density at radius 3 is 2.03 bits per heavy atom. The molecule has 1 aliphatic carbocycles. The van der Waals surface area contributed by atoms with Gasteiger partial charge in [0.05, 0.1) is 15.8 Å². The van der Waals surface area contributed by atoms with Gasteiger partial charge in [0, 0.05) is 6.04 Å². The number of sulfonamides is 2. The fourth-order valence-corrected chi connectivity index (χ4v) is 6.10. The van der Waals surface area contributed by atoms with Crippen molar-refractivity contribution in [2.24, 2.45) is 0 Å². The molecule has 1 atom stereocenters. The van der Waals surface area contributed by atoms with Crippen LogP contribution in [0.5, 0.6) is 0 Å². The number of halogens is 2. The van der Waals surface area contributed by atoms with Crippen LogP contribution >= 0.6 is 0 Å². The van der Waals surface area contributed by atoms with Crippen molar-refractivity contribution in [2.75, 3.05) is 0 Å². The quantitative estimate of drug-likeness (QED) is 0.477. The first-order valence-corrected chi connectivity index (χ1v) is 13.2. The molecule has 0 spiro atoms. The Kier molecular flexibility index (Phi) is 6.62. The predicted octanol–water partition coefficient (Wildman–Crippen LogP) is 3.67. The van der Waals surface area contributed by atoms with E-state index in [1.54, 1.807) is 12.1 Å². The molecule has 3 aromatic rings. The van der Waals surface area contributed by atoms with E-state index >= 15 is 0 Å². The Bertz CT molecular complexity index is 1370. The largest absolute Gasteiger partial charge is 0.241 e. The Morgan fingerprint density at radius 1 is 0.788 bits per heavy atom. The molecule has 33 heavy (non-hydrogen) atoms. The van der Waals surface area contributed by atoms with Crippen molar-refractivity contribution in [2.45, 2.75) is 41.1 Å². The molecule has 1 aliphatic rings. The average Bonchev–Trinajstić information content (AvgIpc) is 3.57. The second-order valence-corrected chi connectivity index (χ2v) is 11.4. The van der Waals surface area contributed by atoms with Crippen molar-refractivity contribution < 1.29 is 25.6 Å². The van der Waals surface area contributed by atoms with E-state index in [0.29, 0.717) is 11.1 Å². The maximum Gasteiger partial charge on any atom is 0.241 e. The highest BCUT2D eigenvalue weighted by Crippen LogP contribution is 2.25. The molecule has 1 saturated carbocycles. The molecule has 174 valence electrons. The minimum Gasteiger partial charge on any atom is -0.208 e. The first-order valence-electron chi connectivity index (χ1n) is 10.3. The van der Waals surface area contributed by atoms with E-state index in [2.05, 4.69) is 9.44 Å². The second kappa shape index (κ2) is 9.30. The van der Waals surface area contributed by atoms with Gasteiger partial charge in [0.2, 0.25) is 20.0 Å². The summed E-state index contributed by atoms with van der Waals surface area (Å²) in [5, 5.41) is 0. The molecule has 1 fully saturated rings. The lowest BCUT2D eigenvalue weighted by Crippen LogP contribution is -2.31. The van der Waals surface area contributed by atoms with Crippen LogP contribution in [0.25, 0.3) is 0 Å². The lowest BCUT2D eigenvalue weighted by Gasteiger charge is -2.20.